The molecule has 27 nitrogen and oxygen atoms in total. The first-order valence-electron chi connectivity index (χ1n) is 32.7. The molecule has 11 amide bonds. The number of nitrogens with zero attached hydrogens (tertiary/aromatic N) is 9. The molecule has 0 saturated carbocycles. The van der Waals surface area contributed by atoms with Crippen LogP contribution in [0.2, 0.25) is 0 Å². The van der Waals surface area contributed by atoms with Gasteiger partial charge in [0.25, 0.3) is 0 Å². The van der Waals surface area contributed by atoms with Crippen molar-refractivity contribution in [2.75, 3.05) is 62.5 Å². The monoisotopic (exact) mass is 1310 g/mol. The van der Waals surface area contributed by atoms with Crippen LogP contribution in [-0.4, -0.2) is 249 Å². The van der Waals surface area contributed by atoms with E-state index in [9.17, 15) is 43.5 Å². The third-order valence-corrected chi connectivity index (χ3v) is 17.0. The highest BCUT2D eigenvalue weighted by Gasteiger charge is 2.46. The summed E-state index contributed by atoms with van der Waals surface area (Å²) in [5.41, 5.74) is 0. The molecule has 1 fully saturated rings. The molecule has 12 unspecified atom stereocenters. The van der Waals surface area contributed by atoms with Crippen LogP contribution in [0.15, 0.2) is 30.9 Å². The Hall–Kier alpha value is -7.45. The molecule has 93 heavy (non-hydrogen) atoms. The first-order valence-corrected chi connectivity index (χ1v) is 32.7. The van der Waals surface area contributed by atoms with Crippen LogP contribution >= 0.6 is 0 Å². The van der Waals surface area contributed by atoms with Crippen molar-refractivity contribution >= 4 is 71.1 Å². The van der Waals surface area contributed by atoms with E-state index < -0.39 is 162 Å². The van der Waals surface area contributed by atoms with E-state index >= 15 is 19.2 Å². The largest absolute Gasteiger partial charge is 0.445 e. The van der Waals surface area contributed by atoms with Crippen molar-refractivity contribution in [1.29, 1.82) is 0 Å². The molecule has 1 aromatic heterocycles. The van der Waals surface area contributed by atoms with Gasteiger partial charge in [0.2, 0.25) is 65.0 Å². The molecule has 1 aliphatic rings. The number of carbonyl (C=O) groups excluding carboxylic acids is 12. The zero-order chi connectivity index (χ0) is 71.4. The Balaban J connectivity index is 2.96. The van der Waals surface area contributed by atoms with Crippen LogP contribution < -0.4 is 21.3 Å². The summed E-state index contributed by atoms with van der Waals surface area (Å²) in [5.74, 6) is -10.5. The van der Waals surface area contributed by atoms with E-state index in [1.54, 1.807) is 53.7 Å². The van der Waals surface area contributed by atoms with Crippen molar-refractivity contribution in [1.82, 2.24) is 65.1 Å². The first-order chi connectivity index (χ1) is 43.1. The molecule has 12 atom stereocenters. The van der Waals surface area contributed by atoms with Crippen LogP contribution in [0.3, 0.4) is 0 Å². The number of rotatable bonds is 17. The van der Waals surface area contributed by atoms with Crippen LogP contribution in [0.1, 0.15) is 149 Å². The van der Waals surface area contributed by atoms with Crippen molar-refractivity contribution < 1.29 is 67.4 Å². The van der Waals surface area contributed by atoms with Crippen LogP contribution in [0.25, 0.3) is 0 Å². The number of likely N-dealkylation sites (N-methyl/N-ethyl adjacent to an activating group) is 7. The van der Waals surface area contributed by atoms with E-state index in [-0.39, 0.29) is 68.8 Å². The fourth-order valence-electron chi connectivity index (χ4n) is 11.3. The molecule has 0 aromatic carbocycles. The summed E-state index contributed by atoms with van der Waals surface area (Å²) in [6.45, 7) is 27.0. The van der Waals surface area contributed by atoms with E-state index in [1.807, 2.05) is 55.4 Å². The summed E-state index contributed by atoms with van der Waals surface area (Å²) in [5, 5.41) is 23.3. The molecule has 526 valence electrons. The predicted molar refractivity (Wildman–Crippen MR) is 352 cm³/mol. The number of hydrogen-bond donors (Lipinski definition) is 5. The molecule has 0 radical (unpaired) electrons. The molecule has 1 aromatic rings. The number of aromatic nitrogens is 2. The van der Waals surface area contributed by atoms with Gasteiger partial charge in [-0.2, -0.15) is 0 Å². The summed E-state index contributed by atoms with van der Waals surface area (Å²) in [6, 6.07) is -12.8. The summed E-state index contributed by atoms with van der Waals surface area (Å²) < 4.78 is 6.42. The van der Waals surface area contributed by atoms with Crippen LogP contribution in [-0.2, 0) is 57.5 Å². The van der Waals surface area contributed by atoms with Gasteiger partial charge in [-0.05, 0) is 93.8 Å². The van der Waals surface area contributed by atoms with E-state index in [2.05, 4.69) is 26.3 Å². The number of hydrogen-bond acceptors (Lipinski definition) is 15. The molecule has 1 aliphatic heterocycles. The van der Waals surface area contributed by atoms with Crippen molar-refractivity contribution in [3.8, 4) is 0 Å². The number of imidazole rings is 1. The maximum absolute atomic E-state index is 15.3. The second-order valence-corrected chi connectivity index (χ2v) is 27.5. The number of nitrogens with one attached hydrogen (secondary N) is 4. The summed E-state index contributed by atoms with van der Waals surface area (Å²) in [4.78, 5) is 186. The summed E-state index contributed by atoms with van der Waals surface area (Å²) in [7, 11) is 9.75. The molecule has 1 saturated heterocycles. The minimum absolute atomic E-state index is 0.0307. The van der Waals surface area contributed by atoms with E-state index in [0.29, 0.717) is 0 Å². The average molecular weight is 1310 g/mol. The molecule has 0 spiro atoms. The SMILES string of the molecule is CCC1NC(=O)C(C(O)C(C)C/C=C/COC(=O)n2ccnc2)N(C)C(=O)C(C(C)C)N(C)C(=O)C(CC(C)C)N(C)C(=O)C(CC(C)C)N(C)C(=O)C(C)NC(=O)C(C)NC(=O)C(CC(C)C)N(C)C(=O)C(C(C)C)NC(=O)C(CC(C)C)N(C)C(=O)CN(C)C1=O. The number of allylic oxidation sites excluding steroid dienone is 1. The Bertz CT molecular complexity index is 2740. The standard InChI is InChI=1S/C66H113N13O14/c1-24-46-61(87)72(17)35-51(80)73(18)47(31-37(2)3)58(84)71-52(41(10)11)64(90)74(19)48(32-38(4)5)57(83)68-44(15)56(82)69-45(16)60(86)75(20)49(33-39(6)7)62(88)76(21)50(34-40(8)9)63(89)77(22)53(42(12)13)65(91)78(23)54(59(85)70-46)55(81)43(14)27-25-26-30-93-66(92)79-29-28-67-36-79/h25-26,28-29,36-50,52-55,81H,24,27,30-35H2,1-23H3,(H,68,83)(H,69,82)(H,70,85)(H,71,84)/b26-25+. The summed E-state index contributed by atoms with van der Waals surface area (Å²) in [6.07, 6.45) is 5.52. The molecular weight excluding hydrogens is 1200 g/mol. The van der Waals surface area contributed by atoms with Gasteiger partial charge in [-0.15, -0.1) is 0 Å². The van der Waals surface area contributed by atoms with Gasteiger partial charge < -0.3 is 65.4 Å². The predicted octanol–water partition coefficient (Wildman–Crippen LogP) is 3.13. The maximum Gasteiger partial charge on any atom is 0.419 e. The lowest BCUT2D eigenvalue weighted by atomic mass is 9.91. The average Bonchev–Trinajstić information content (AvgIpc) is 1.09. The highest BCUT2D eigenvalue weighted by Crippen LogP contribution is 2.26. The lowest BCUT2D eigenvalue weighted by Crippen LogP contribution is -2.63. The second kappa shape index (κ2) is 37.4. The van der Waals surface area contributed by atoms with Crippen LogP contribution in [0.4, 0.5) is 4.79 Å². The minimum atomic E-state index is -1.73. The van der Waals surface area contributed by atoms with Gasteiger partial charge in [-0.1, -0.05) is 109 Å². The highest BCUT2D eigenvalue weighted by molar-refractivity contribution is 5.99. The van der Waals surface area contributed by atoms with E-state index in [0.717, 1.165) is 14.4 Å². The number of aliphatic hydroxyl groups excluding tert-OH is 1. The third kappa shape index (κ3) is 23.2. The third-order valence-electron chi connectivity index (χ3n) is 17.0. The van der Waals surface area contributed by atoms with Gasteiger partial charge >= 0.3 is 6.09 Å². The molecule has 2 heterocycles. The van der Waals surface area contributed by atoms with Gasteiger partial charge in [0.15, 0.2) is 0 Å². The lowest BCUT2D eigenvalue weighted by molar-refractivity contribution is -0.157. The topological polar surface area (TPSA) is 323 Å². The van der Waals surface area contributed by atoms with Crippen molar-refractivity contribution in [3.63, 3.8) is 0 Å². The second-order valence-electron chi connectivity index (χ2n) is 27.5. The molecule has 0 bridgehead atoms. The molecular formula is C66H113N13O14. The Morgan fingerprint density at radius 2 is 1.00 bits per heavy atom. The zero-order valence-electron chi connectivity index (χ0n) is 59.7. The first kappa shape index (κ1) is 81.6. The molecule has 0 aliphatic carbocycles. The number of carbonyl (C=O) groups is 12. The fourth-order valence-corrected chi connectivity index (χ4v) is 11.3. The van der Waals surface area contributed by atoms with Gasteiger partial charge in [0.1, 0.15) is 73.4 Å². The van der Waals surface area contributed by atoms with Gasteiger partial charge in [-0.3, -0.25) is 52.7 Å². The van der Waals surface area contributed by atoms with Crippen molar-refractivity contribution in [2.45, 2.75) is 216 Å². The van der Waals surface area contributed by atoms with Gasteiger partial charge in [0, 0.05) is 61.7 Å². The fraction of sp³-hybridized carbons (Fsp3) is 0.742. The number of amides is 11. The van der Waals surface area contributed by atoms with Crippen LogP contribution in [0.5, 0.6) is 0 Å². The Morgan fingerprint density at radius 1 is 0.538 bits per heavy atom. The Morgan fingerprint density at radius 3 is 1.48 bits per heavy atom. The Labute approximate surface area is 552 Å². The van der Waals surface area contributed by atoms with Crippen molar-refractivity contribution in [2.24, 2.45) is 41.4 Å². The number of ether oxygens (including phenoxy) is 1. The van der Waals surface area contributed by atoms with E-state index in [1.165, 1.54) is 106 Å². The van der Waals surface area contributed by atoms with Crippen LogP contribution in [0, 0.1) is 41.4 Å². The van der Waals surface area contributed by atoms with Gasteiger partial charge in [0.05, 0.1) is 12.6 Å². The molecule has 2 rings (SSSR count). The smallest absolute Gasteiger partial charge is 0.419 e. The van der Waals surface area contributed by atoms with Crippen molar-refractivity contribution in [3.05, 3.63) is 30.9 Å². The lowest BCUT2D eigenvalue weighted by Gasteiger charge is -2.41. The molecule has 5 N–H and O–H groups in total. The van der Waals surface area contributed by atoms with Gasteiger partial charge in [-0.25, -0.2) is 14.3 Å². The zero-order valence-corrected chi connectivity index (χ0v) is 59.7. The summed E-state index contributed by atoms with van der Waals surface area (Å²) >= 11 is 0. The highest BCUT2D eigenvalue weighted by atomic mass is 16.5. The van der Waals surface area contributed by atoms with E-state index in [4.69, 9.17) is 4.74 Å². The molecule has 27 heteroatoms. The quantitative estimate of drug-likeness (QED) is 0.140. The maximum atomic E-state index is 15.3. The number of aliphatic hydroxyl groups is 1. The minimum Gasteiger partial charge on any atom is -0.445 e. The Kier molecular flexibility index (Phi) is 32.9. The normalized spacial score (nSPS) is 25.5.